The van der Waals surface area contributed by atoms with Crippen molar-refractivity contribution in [1.82, 2.24) is 14.4 Å². The highest BCUT2D eigenvalue weighted by atomic mass is 32.2. The highest BCUT2D eigenvalue weighted by Crippen LogP contribution is 2.34. The Morgan fingerprint density at radius 1 is 1.07 bits per heavy atom. The fourth-order valence-corrected chi connectivity index (χ4v) is 4.63. The Bertz CT molecular complexity index is 1110. The van der Waals surface area contributed by atoms with Crippen LogP contribution >= 0.6 is 0 Å². The van der Waals surface area contributed by atoms with E-state index in [1.165, 1.54) is 0 Å². The number of hydrogen-bond acceptors (Lipinski definition) is 5. The largest absolute Gasteiger partial charge is 0.416 e. The molecule has 1 aromatic heterocycles. The maximum Gasteiger partial charge on any atom is 0.416 e. The number of sulfonamides is 1. The molecule has 152 valence electrons. The first kappa shape index (κ1) is 19.6. The molecule has 2 heterocycles. The molecule has 0 amide bonds. The molecule has 29 heavy (non-hydrogen) atoms. The van der Waals surface area contributed by atoms with Crippen molar-refractivity contribution in [2.45, 2.75) is 23.4 Å². The Hall–Kier alpha value is -2.72. The van der Waals surface area contributed by atoms with Crippen LogP contribution in [-0.4, -0.2) is 36.0 Å². The van der Waals surface area contributed by atoms with Crippen LogP contribution in [0.3, 0.4) is 0 Å². The molecule has 6 nitrogen and oxygen atoms in total. The van der Waals surface area contributed by atoms with Gasteiger partial charge >= 0.3 is 6.18 Å². The van der Waals surface area contributed by atoms with Crippen LogP contribution in [0.15, 0.2) is 64.0 Å². The molecule has 1 aliphatic rings. The van der Waals surface area contributed by atoms with Crippen LogP contribution < -0.4 is 0 Å². The summed E-state index contributed by atoms with van der Waals surface area (Å²) in [6, 6.07) is 13.3. The van der Waals surface area contributed by atoms with Crippen molar-refractivity contribution in [3.05, 3.63) is 77.4 Å². The van der Waals surface area contributed by atoms with E-state index in [1.807, 2.05) is 30.3 Å². The van der Waals surface area contributed by atoms with Crippen LogP contribution in [0, 0.1) is 0 Å². The Morgan fingerprint density at radius 3 is 2.48 bits per heavy atom. The molecular formula is C19H16F3N3O3S. The second kappa shape index (κ2) is 7.27. The first-order valence-electron chi connectivity index (χ1n) is 8.77. The zero-order valence-corrected chi connectivity index (χ0v) is 15.8. The standard InChI is InChI=1S/C19H16F3N3O3S/c20-19(21,22)15-7-4-8-16(10-15)29(26,27)25-11-14(12-25)18-23-17(24-28-18)9-13-5-2-1-3-6-13/h1-8,10,14H,9,11-12H2. The topological polar surface area (TPSA) is 76.3 Å². The van der Waals surface area contributed by atoms with Crippen molar-refractivity contribution < 1.29 is 26.1 Å². The summed E-state index contributed by atoms with van der Waals surface area (Å²) in [5, 5.41) is 3.92. The van der Waals surface area contributed by atoms with Crippen molar-refractivity contribution in [3.63, 3.8) is 0 Å². The van der Waals surface area contributed by atoms with Crippen molar-refractivity contribution in [2.24, 2.45) is 0 Å². The molecule has 1 fully saturated rings. The van der Waals surface area contributed by atoms with Crippen LogP contribution in [0.25, 0.3) is 0 Å². The van der Waals surface area contributed by atoms with Gasteiger partial charge in [0.25, 0.3) is 0 Å². The highest BCUT2D eigenvalue weighted by Gasteiger charge is 2.41. The first-order chi connectivity index (χ1) is 13.7. The number of aromatic nitrogens is 2. The number of rotatable bonds is 5. The second-order valence-corrected chi connectivity index (χ2v) is 8.69. The fourth-order valence-electron chi connectivity index (χ4n) is 3.06. The third kappa shape index (κ3) is 4.03. The van der Waals surface area contributed by atoms with Gasteiger partial charge in [0, 0.05) is 19.5 Å². The third-order valence-electron chi connectivity index (χ3n) is 4.69. The lowest BCUT2D eigenvalue weighted by Gasteiger charge is -2.35. The Balaban J connectivity index is 1.43. The average Bonchev–Trinajstić information content (AvgIpc) is 3.08. The summed E-state index contributed by atoms with van der Waals surface area (Å²) in [5.74, 6) is 0.532. The summed E-state index contributed by atoms with van der Waals surface area (Å²) in [4.78, 5) is 3.93. The first-order valence-corrected chi connectivity index (χ1v) is 10.2. The lowest BCUT2D eigenvalue weighted by atomic mass is 10.0. The van der Waals surface area contributed by atoms with Crippen molar-refractivity contribution in [2.75, 3.05) is 13.1 Å². The summed E-state index contributed by atoms with van der Waals surface area (Å²) in [6.07, 6.45) is -4.12. The van der Waals surface area contributed by atoms with E-state index in [0.717, 1.165) is 28.1 Å². The Kier molecular flexibility index (Phi) is 4.91. The van der Waals surface area contributed by atoms with Gasteiger partial charge in [-0.2, -0.15) is 22.5 Å². The van der Waals surface area contributed by atoms with Gasteiger partial charge in [-0.05, 0) is 23.8 Å². The van der Waals surface area contributed by atoms with Crippen LogP contribution in [0.2, 0.25) is 0 Å². The van der Waals surface area contributed by atoms with E-state index < -0.39 is 21.8 Å². The number of benzene rings is 2. The molecule has 3 aromatic rings. The van der Waals surface area contributed by atoms with Gasteiger partial charge in [-0.3, -0.25) is 0 Å². The van der Waals surface area contributed by atoms with E-state index >= 15 is 0 Å². The predicted molar refractivity (Wildman–Crippen MR) is 96.5 cm³/mol. The molecule has 0 radical (unpaired) electrons. The average molecular weight is 423 g/mol. The van der Waals surface area contributed by atoms with Crippen molar-refractivity contribution in [1.29, 1.82) is 0 Å². The van der Waals surface area contributed by atoms with Gasteiger partial charge in [0.1, 0.15) is 0 Å². The molecule has 10 heteroatoms. The van der Waals surface area contributed by atoms with Gasteiger partial charge in [0.05, 0.1) is 16.4 Å². The van der Waals surface area contributed by atoms with Gasteiger partial charge in [-0.25, -0.2) is 8.42 Å². The molecule has 1 saturated heterocycles. The van der Waals surface area contributed by atoms with Crippen LogP contribution in [0.5, 0.6) is 0 Å². The number of halogens is 3. The fraction of sp³-hybridized carbons (Fsp3) is 0.263. The zero-order chi connectivity index (χ0) is 20.6. The SMILES string of the molecule is O=S(=O)(c1cccc(C(F)(F)F)c1)N1CC(c2nc(Cc3ccccc3)no2)C1. The molecule has 0 saturated carbocycles. The van der Waals surface area contributed by atoms with Gasteiger partial charge in [0.15, 0.2) is 5.82 Å². The van der Waals surface area contributed by atoms with E-state index in [0.29, 0.717) is 24.2 Å². The monoisotopic (exact) mass is 423 g/mol. The number of hydrogen-bond donors (Lipinski definition) is 0. The van der Waals surface area contributed by atoms with Gasteiger partial charge < -0.3 is 4.52 Å². The van der Waals surface area contributed by atoms with E-state index in [1.54, 1.807) is 0 Å². The van der Waals surface area contributed by atoms with Gasteiger partial charge in [-0.15, -0.1) is 0 Å². The van der Waals surface area contributed by atoms with Crippen molar-refractivity contribution >= 4 is 10.0 Å². The van der Waals surface area contributed by atoms with E-state index in [9.17, 15) is 21.6 Å². The quantitative estimate of drug-likeness (QED) is 0.628. The van der Waals surface area contributed by atoms with Crippen LogP contribution in [-0.2, 0) is 22.6 Å². The number of alkyl halides is 3. The molecule has 2 aromatic carbocycles. The molecule has 0 unspecified atom stereocenters. The second-order valence-electron chi connectivity index (χ2n) is 6.76. The molecule has 0 bridgehead atoms. The summed E-state index contributed by atoms with van der Waals surface area (Å²) in [7, 11) is -4.02. The molecule has 4 rings (SSSR count). The smallest absolute Gasteiger partial charge is 0.339 e. The van der Waals surface area contributed by atoms with E-state index in [-0.39, 0.29) is 23.9 Å². The van der Waals surface area contributed by atoms with E-state index in [2.05, 4.69) is 10.1 Å². The Morgan fingerprint density at radius 2 is 1.79 bits per heavy atom. The molecule has 0 atom stereocenters. The summed E-state index contributed by atoms with van der Waals surface area (Å²) in [5.41, 5.74) is 0.0142. The summed E-state index contributed by atoms with van der Waals surface area (Å²) < 4.78 is 70.1. The summed E-state index contributed by atoms with van der Waals surface area (Å²) >= 11 is 0. The normalized spacial score (nSPS) is 16.0. The summed E-state index contributed by atoms with van der Waals surface area (Å²) in [6.45, 7) is 0.150. The van der Waals surface area contributed by atoms with E-state index in [4.69, 9.17) is 4.52 Å². The molecule has 0 N–H and O–H groups in total. The lowest BCUT2D eigenvalue weighted by Crippen LogP contribution is -2.48. The highest BCUT2D eigenvalue weighted by molar-refractivity contribution is 7.89. The Labute approximate surface area is 165 Å². The minimum Gasteiger partial charge on any atom is -0.339 e. The molecular weight excluding hydrogens is 407 g/mol. The minimum absolute atomic E-state index is 0.0749. The number of nitrogens with zero attached hydrogens (tertiary/aromatic N) is 3. The van der Waals surface area contributed by atoms with Gasteiger partial charge in [0.2, 0.25) is 15.9 Å². The predicted octanol–water partition coefficient (Wildman–Crippen LogP) is 3.47. The van der Waals surface area contributed by atoms with Crippen LogP contribution in [0.1, 0.15) is 28.8 Å². The van der Waals surface area contributed by atoms with Gasteiger partial charge in [-0.1, -0.05) is 41.6 Å². The maximum absolute atomic E-state index is 12.9. The van der Waals surface area contributed by atoms with Crippen LogP contribution in [0.4, 0.5) is 13.2 Å². The molecule has 1 aliphatic heterocycles. The van der Waals surface area contributed by atoms with Crippen molar-refractivity contribution in [3.8, 4) is 0 Å². The maximum atomic E-state index is 12.9. The third-order valence-corrected chi connectivity index (χ3v) is 6.51. The molecule has 0 aliphatic carbocycles. The minimum atomic E-state index is -4.61. The molecule has 0 spiro atoms. The zero-order valence-electron chi connectivity index (χ0n) is 15.0. The lowest BCUT2D eigenvalue weighted by molar-refractivity contribution is -0.137.